The zero-order chi connectivity index (χ0) is 70.9. The average molecular weight is 1410 g/mol. The molecule has 0 aliphatic heterocycles. The van der Waals surface area contributed by atoms with Crippen molar-refractivity contribution in [2.75, 3.05) is 39.6 Å². The summed E-state index contributed by atoms with van der Waals surface area (Å²) in [6.07, 6.45) is 78.6. The number of hydrogen-bond donors (Lipinski definition) is 4. The smallest absolute Gasteiger partial charge is 0.463 e. The van der Waals surface area contributed by atoms with Crippen LogP contribution in [0.5, 0.6) is 0 Å². The van der Waals surface area contributed by atoms with Crippen LogP contribution in [0.4, 0.5) is 0 Å². The van der Waals surface area contributed by atoms with Gasteiger partial charge in [-0.15, -0.1) is 0 Å². The summed E-state index contributed by atoms with van der Waals surface area (Å²) in [5.74, 6) is -1.56. The molecule has 16 nitrogen and oxygen atoms in total. The molecular formula is C79H146O16P2. The molecule has 0 spiro atoms. The number of carbonyl (C=O) groups excluding carboxylic acids is 3. The number of phosphoric ester groups is 2. The van der Waals surface area contributed by atoms with Crippen LogP contribution in [0, 0.1) is 0 Å². The molecule has 0 bridgehead atoms. The Hall–Kier alpha value is -2.75. The summed E-state index contributed by atoms with van der Waals surface area (Å²) in [5, 5.41) is 20.6. The van der Waals surface area contributed by atoms with Gasteiger partial charge in [-0.2, -0.15) is 0 Å². The van der Waals surface area contributed by atoms with E-state index in [4.69, 9.17) is 32.3 Å². The molecule has 0 aromatic heterocycles. The Morgan fingerprint density at radius 1 is 0.289 bits per heavy atom. The molecular weight excluding hydrogens is 1270 g/mol. The second kappa shape index (κ2) is 73.0. The van der Waals surface area contributed by atoms with Gasteiger partial charge in [0, 0.05) is 19.3 Å². The van der Waals surface area contributed by atoms with Gasteiger partial charge in [-0.1, -0.05) is 319 Å². The maximum absolute atomic E-state index is 12.9. The molecule has 0 amide bonds. The fraction of sp³-hybridized carbons (Fsp3) is 0.835. The lowest BCUT2D eigenvalue weighted by Crippen LogP contribution is -2.30. The Bertz CT molecular complexity index is 2010. The van der Waals surface area contributed by atoms with Gasteiger partial charge in [-0.05, 0) is 89.9 Å². The van der Waals surface area contributed by atoms with Crippen LogP contribution in [0.1, 0.15) is 367 Å². The summed E-state index contributed by atoms with van der Waals surface area (Å²) in [6.45, 7) is 2.68. The second-order valence-electron chi connectivity index (χ2n) is 26.9. The monoisotopic (exact) mass is 1410 g/mol. The molecule has 0 aliphatic rings. The Labute approximate surface area is 592 Å². The summed E-state index contributed by atoms with van der Waals surface area (Å²) < 4.78 is 61.0. The number of ether oxygens (including phenoxy) is 3. The molecule has 0 aromatic rings. The van der Waals surface area contributed by atoms with Gasteiger partial charge in [0.2, 0.25) is 0 Å². The number of hydrogen-bond acceptors (Lipinski definition) is 14. The van der Waals surface area contributed by atoms with Crippen molar-refractivity contribution in [1.82, 2.24) is 0 Å². The third-order valence-corrected chi connectivity index (χ3v) is 19.1. The molecule has 0 saturated heterocycles. The van der Waals surface area contributed by atoms with Crippen molar-refractivity contribution in [3.05, 3.63) is 60.8 Å². The highest BCUT2D eigenvalue weighted by Gasteiger charge is 2.29. The van der Waals surface area contributed by atoms with Gasteiger partial charge >= 0.3 is 33.6 Å². The summed E-state index contributed by atoms with van der Waals surface area (Å²) in [4.78, 5) is 58.5. The first-order valence-corrected chi connectivity index (χ1v) is 42.6. The number of carbonyl (C=O) groups is 3. The fourth-order valence-corrected chi connectivity index (χ4v) is 12.7. The first-order chi connectivity index (χ1) is 47.2. The third kappa shape index (κ3) is 74.3. The van der Waals surface area contributed by atoms with E-state index in [0.29, 0.717) is 19.3 Å². The van der Waals surface area contributed by atoms with Gasteiger partial charge in [0.25, 0.3) is 0 Å². The van der Waals surface area contributed by atoms with Crippen molar-refractivity contribution < 1.29 is 75.8 Å². The van der Waals surface area contributed by atoms with Gasteiger partial charge in [0.15, 0.2) is 6.10 Å². The van der Waals surface area contributed by atoms with Crippen LogP contribution in [0.2, 0.25) is 0 Å². The maximum Gasteiger partial charge on any atom is 0.472 e. The third-order valence-electron chi connectivity index (χ3n) is 17.2. The predicted molar refractivity (Wildman–Crippen MR) is 399 cm³/mol. The number of aliphatic hydroxyl groups excluding tert-OH is 2. The van der Waals surface area contributed by atoms with Gasteiger partial charge in [-0.25, -0.2) is 9.13 Å². The number of rotatable bonds is 76. The quantitative estimate of drug-likeness (QED) is 0.0146. The Kier molecular flexibility index (Phi) is 70.9. The van der Waals surface area contributed by atoms with Crippen LogP contribution in [0.3, 0.4) is 0 Å². The van der Waals surface area contributed by atoms with E-state index in [1.165, 1.54) is 212 Å². The lowest BCUT2D eigenvalue weighted by Gasteiger charge is -2.21. The molecule has 0 heterocycles. The summed E-state index contributed by atoms with van der Waals surface area (Å²) in [6, 6.07) is 0. The molecule has 4 N–H and O–H groups in total. The Morgan fingerprint density at radius 3 is 0.856 bits per heavy atom. The van der Waals surface area contributed by atoms with Gasteiger partial charge in [0.1, 0.15) is 25.4 Å². The summed E-state index contributed by atoms with van der Waals surface area (Å²) in [5.41, 5.74) is 0. The van der Waals surface area contributed by atoms with E-state index in [1.807, 2.05) is 0 Å². The minimum atomic E-state index is -4.92. The number of aliphatic hydroxyl groups is 2. The van der Waals surface area contributed by atoms with Gasteiger partial charge in [0.05, 0.1) is 26.4 Å². The van der Waals surface area contributed by atoms with Crippen LogP contribution in [-0.4, -0.2) is 95.9 Å². The molecule has 0 aromatic carbocycles. The van der Waals surface area contributed by atoms with E-state index in [0.717, 1.165) is 96.3 Å². The number of esters is 3. The van der Waals surface area contributed by atoms with Gasteiger partial charge in [-0.3, -0.25) is 32.5 Å². The predicted octanol–water partition coefficient (Wildman–Crippen LogP) is 22.9. The molecule has 5 atom stereocenters. The zero-order valence-corrected chi connectivity index (χ0v) is 63.8. The van der Waals surface area contributed by atoms with Crippen LogP contribution in [0.25, 0.3) is 0 Å². The number of phosphoric acid groups is 2. The second-order valence-corrected chi connectivity index (χ2v) is 29.8. The number of allylic oxidation sites excluding steroid dienone is 10. The van der Waals surface area contributed by atoms with Crippen molar-refractivity contribution in [2.45, 2.75) is 386 Å². The number of unbranched alkanes of at least 4 members (excludes halogenated alkanes) is 43. The van der Waals surface area contributed by atoms with Crippen molar-refractivity contribution >= 4 is 33.6 Å². The van der Waals surface area contributed by atoms with E-state index < -0.39 is 91.5 Å². The minimum Gasteiger partial charge on any atom is -0.463 e. The van der Waals surface area contributed by atoms with E-state index in [1.54, 1.807) is 0 Å². The molecule has 568 valence electrons. The van der Waals surface area contributed by atoms with E-state index in [-0.39, 0.29) is 19.3 Å². The van der Waals surface area contributed by atoms with Crippen LogP contribution in [-0.2, 0) is 55.8 Å². The van der Waals surface area contributed by atoms with Crippen LogP contribution < -0.4 is 0 Å². The van der Waals surface area contributed by atoms with Crippen molar-refractivity contribution in [1.29, 1.82) is 0 Å². The molecule has 97 heavy (non-hydrogen) atoms. The van der Waals surface area contributed by atoms with Crippen LogP contribution >= 0.6 is 15.6 Å². The lowest BCUT2D eigenvalue weighted by atomic mass is 10.0. The highest BCUT2D eigenvalue weighted by molar-refractivity contribution is 7.47. The molecule has 18 heteroatoms. The SMILES string of the molecule is CCCCC/C=C\C/C=C\C/C=C\C/C=C\CCCCCCCCCCCCCCCCCCCC(=O)OCC(O)COP(=O)(O)OCC(O)COP(=O)(O)OCC(COC(=O)CCCCCCCCCCCCCCCCC)OC(=O)CCCCCCC/C=C\CCCCCC. The molecule has 0 saturated carbocycles. The zero-order valence-electron chi connectivity index (χ0n) is 62.0. The fourth-order valence-electron chi connectivity index (χ4n) is 11.1. The summed E-state index contributed by atoms with van der Waals surface area (Å²) >= 11 is 0. The first-order valence-electron chi connectivity index (χ1n) is 39.6. The Balaban J connectivity index is 4.33. The molecule has 0 radical (unpaired) electrons. The van der Waals surface area contributed by atoms with Crippen molar-refractivity contribution in [3.8, 4) is 0 Å². The highest BCUT2D eigenvalue weighted by Crippen LogP contribution is 2.45. The van der Waals surface area contributed by atoms with E-state index in [9.17, 15) is 43.5 Å². The maximum atomic E-state index is 12.9. The average Bonchev–Trinajstić information content (AvgIpc) is 1.49. The van der Waals surface area contributed by atoms with Crippen molar-refractivity contribution in [3.63, 3.8) is 0 Å². The normalized spacial score (nSPS) is 14.3. The highest BCUT2D eigenvalue weighted by atomic mass is 31.2. The summed E-state index contributed by atoms with van der Waals surface area (Å²) in [7, 11) is -9.77. The minimum absolute atomic E-state index is 0.100. The lowest BCUT2D eigenvalue weighted by molar-refractivity contribution is -0.161. The largest absolute Gasteiger partial charge is 0.472 e. The molecule has 0 aliphatic carbocycles. The molecule has 0 fully saturated rings. The van der Waals surface area contributed by atoms with Crippen LogP contribution in [0.15, 0.2) is 60.8 Å². The standard InChI is InChI=1S/C79H146O16P2/c1-4-7-10-13-16-19-22-25-27-28-29-30-31-32-33-34-35-36-37-38-39-40-41-42-43-44-46-49-50-53-56-59-62-65-77(82)89-68-74(80)69-91-96(85,86)92-70-75(81)71-93-97(87,88)94-73-76(95-79(84)67-64-61-58-55-52-47-24-21-18-15-12-9-6-3)72-90-78(83)66-63-60-57-54-51-48-45-26-23-20-17-14-11-8-5-2/h16,19,21,24-25,27,29-30,32-33,74-76,80-81H,4-15,17-18,20,22-23,26,28,31,34-73H2,1-3H3,(H,85,86)(H,87,88)/b19-16-,24-21-,27-25-,30-29-,33-32-. The Morgan fingerprint density at radius 2 is 0.515 bits per heavy atom. The molecule has 5 unspecified atom stereocenters. The van der Waals surface area contributed by atoms with E-state index in [2.05, 4.69) is 81.5 Å². The topological polar surface area (TPSA) is 231 Å². The molecule has 0 rings (SSSR count). The first kappa shape index (κ1) is 94.2. The van der Waals surface area contributed by atoms with Crippen molar-refractivity contribution in [2.24, 2.45) is 0 Å². The van der Waals surface area contributed by atoms with E-state index >= 15 is 0 Å². The van der Waals surface area contributed by atoms with Gasteiger partial charge < -0.3 is 34.2 Å².